The molecule has 2 aliphatic rings. The van der Waals surface area contributed by atoms with Gasteiger partial charge in [-0.1, -0.05) is 0 Å². The highest BCUT2D eigenvalue weighted by molar-refractivity contribution is 5.90. The average Bonchev–Trinajstić information content (AvgIpc) is 2.85. The first kappa shape index (κ1) is 14.2. The summed E-state index contributed by atoms with van der Waals surface area (Å²) < 4.78 is 16.1. The molecule has 0 unspecified atom stereocenters. The second kappa shape index (κ2) is 5.93. The molecule has 0 aromatic heterocycles. The van der Waals surface area contributed by atoms with Crippen molar-refractivity contribution in [2.75, 3.05) is 14.2 Å². The molecule has 1 aromatic carbocycles. The van der Waals surface area contributed by atoms with E-state index in [-0.39, 0.29) is 12.1 Å². The Morgan fingerprint density at radius 2 is 1.76 bits per heavy atom. The van der Waals surface area contributed by atoms with Crippen LogP contribution in [0, 0.1) is 0 Å². The SMILES string of the molecule is COc1ccc(C(=O)OC2C[C@H]3CC[C@H](C2)[NH2+]3)cc1OC. The van der Waals surface area contributed by atoms with Gasteiger partial charge in [0.15, 0.2) is 11.5 Å². The molecule has 0 amide bonds. The van der Waals surface area contributed by atoms with Gasteiger partial charge in [-0.2, -0.15) is 0 Å². The number of piperidine rings is 1. The van der Waals surface area contributed by atoms with E-state index in [0.717, 1.165) is 12.8 Å². The maximum Gasteiger partial charge on any atom is 0.338 e. The fraction of sp³-hybridized carbons (Fsp3) is 0.562. The Hall–Kier alpha value is -1.75. The van der Waals surface area contributed by atoms with Crippen molar-refractivity contribution in [1.29, 1.82) is 0 Å². The van der Waals surface area contributed by atoms with Gasteiger partial charge in [0.05, 0.1) is 31.9 Å². The molecular weight excluding hydrogens is 270 g/mol. The Kier molecular flexibility index (Phi) is 4.01. The zero-order valence-corrected chi connectivity index (χ0v) is 12.5. The lowest BCUT2D eigenvalue weighted by molar-refractivity contribution is -0.712. The summed E-state index contributed by atoms with van der Waals surface area (Å²) in [6.07, 6.45) is 4.47. The predicted octanol–water partition coefficient (Wildman–Crippen LogP) is 1.12. The highest BCUT2D eigenvalue weighted by atomic mass is 16.5. The molecule has 5 nitrogen and oxygen atoms in total. The lowest BCUT2D eigenvalue weighted by atomic mass is 10.0. The van der Waals surface area contributed by atoms with Crippen molar-refractivity contribution in [2.45, 2.75) is 43.9 Å². The van der Waals surface area contributed by atoms with Crippen LogP contribution < -0.4 is 14.8 Å². The number of carbonyl (C=O) groups is 1. The summed E-state index contributed by atoms with van der Waals surface area (Å²) in [5.74, 6) is 0.880. The summed E-state index contributed by atoms with van der Waals surface area (Å²) in [5.41, 5.74) is 0.509. The third-order valence-electron chi connectivity index (χ3n) is 4.48. The number of hydrogen-bond donors (Lipinski definition) is 1. The number of nitrogens with two attached hydrogens (primary N) is 1. The molecule has 2 heterocycles. The van der Waals surface area contributed by atoms with Gasteiger partial charge in [-0.25, -0.2) is 4.79 Å². The van der Waals surface area contributed by atoms with Crippen molar-refractivity contribution in [1.82, 2.24) is 0 Å². The predicted molar refractivity (Wildman–Crippen MR) is 76.7 cm³/mol. The summed E-state index contributed by atoms with van der Waals surface area (Å²) >= 11 is 0. The van der Waals surface area contributed by atoms with E-state index >= 15 is 0 Å². The van der Waals surface area contributed by atoms with E-state index in [2.05, 4.69) is 5.32 Å². The third-order valence-corrected chi connectivity index (χ3v) is 4.48. The summed E-state index contributed by atoms with van der Waals surface area (Å²) in [4.78, 5) is 12.3. The van der Waals surface area contributed by atoms with Crippen molar-refractivity contribution in [3.05, 3.63) is 23.8 Å². The van der Waals surface area contributed by atoms with E-state index in [1.54, 1.807) is 32.4 Å². The van der Waals surface area contributed by atoms with Crippen LogP contribution in [0.4, 0.5) is 0 Å². The molecule has 2 aliphatic heterocycles. The minimum Gasteiger partial charge on any atom is -0.493 e. The number of benzene rings is 1. The molecule has 2 saturated heterocycles. The van der Waals surface area contributed by atoms with Gasteiger partial charge in [-0.15, -0.1) is 0 Å². The monoisotopic (exact) mass is 292 g/mol. The number of esters is 1. The number of quaternary nitrogens is 1. The van der Waals surface area contributed by atoms with Gasteiger partial charge in [-0.3, -0.25) is 0 Å². The largest absolute Gasteiger partial charge is 0.493 e. The Labute approximate surface area is 124 Å². The summed E-state index contributed by atoms with van der Waals surface area (Å²) in [6.45, 7) is 0. The van der Waals surface area contributed by atoms with Gasteiger partial charge in [0.25, 0.3) is 0 Å². The molecule has 2 N–H and O–H groups in total. The van der Waals surface area contributed by atoms with Crippen LogP contribution in [0.2, 0.25) is 0 Å². The third kappa shape index (κ3) is 2.97. The fourth-order valence-corrected chi connectivity index (χ4v) is 3.45. The quantitative estimate of drug-likeness (QED) is 0.845. The molecule has 0 radical (unpaired) electrons. The van der Waals surface area contributed by atoms with E-state index in [4.69, 9.17) is 14.2 Å². The van der Waals surface area contributed by atoms with Crippen molar-refractivity contribution >= 4 is 5.97 Å². The molecular formula is C16H22NO4+. The van der Waals surface area contributed by atoms with Crippen LogP contribution >= 0.6 is 0 Å². The first-order valence-electron chi connectivity index (χ1n) is 7.47. The van der Waals surface area contributed by atoms with Crippen molar-refractivity contribution in [2.24, 2.45) is 0 Å². The molecule has 2 bridgehead atoms. The van der Waals surface area contributed by atoms with Gasteiger partial charge in [0.2, 0.25) is 0 Å². The fourth-order valence-electron chi connectivity index (χ4n) is 3.45. The standard InChI is InChI=1S/C16H21NO4/c1-19-14-6-3-10(7-15(14)20-2)16(18)21-13-8-11-4-5-12(9-13)17-11/h3,6-7,11-13,17H,4-5,8-9H2,1-2H3/p+1/t11-,12-/m1/s1. The number of rotatable bonds is 4. The van der Waals surface area contributed by atoms with E-state index in [0.29, 0.717) is 29.1 Å². The zero-order chi connectivity index (χ0) is 14.8. The second-order valence-corrected chi connectivity index (χ2v) is 5.86. The van der Waals surface area contributed by atoms with Crippen LogP contribution in [-0.2, 0) is 4.74 Å². The first-order chi connectivity index (χ1) is 10.2. The molecule has 0 saturated carbocycles. The normalized spacial score (nSPS) is 27.2. The van der Waals surface area contributed by atoms with E-state index in [1.165, 1.54) is 12.8 Å². The van der Waals surface area contributed by atoms with Crippen molar-refractivity contribution in [3.63, 3.8) is 0 Å². The minimum absolute atomic E-state index is 0.0492. The van der Waals surface area contributed by atoms with Gasteiger partial charge in [0.1, 0.15) is 6.10 Å². The number of carbonyl (C=O) groups excluding carboxylic acids is 1. The average molecular weight is 292 g/mol. The molecule has 2 atom stereocenters. The number of ether oxygens (including phenoxy) is 3. The maximum absolute atomic E-state index is 12.3. The molecule has 1 aromatic rings. The van der Waals surface area contributed by atoms with Crippen LogP contribution in [0.1, 0.15) is 36.0 Å². The van der Waals surface area contributed by atoms with Crippen LogP contribution in [-0.4, -0.2) is 38.4 Å². The number of hydrogen-bond acceptors (Lipinski definition) is 4. The number of methoxy groups -OCH3 is 2. The van der Waals surface area contributed by atoms with Crippen LogP contribution in [0.5, 0.6) is 11.5 Å². The van der Waals surface area contributed by atoms with Gasteiger partial charge >= 0.3 is 5.97 Å². The van der Waals surface area contributed by atoms with Gasteiger partial charge in [0, 0.05) is 25.7 Å². The lowest BCUT2D eigenvalue weighted by Crippen LogP contribution is -2.93. The van der Waals surface area contributed by atoms with Gasteiger partial charge < -0.3 is 19.5 Å². The Balaban J connectivity index is 1.67. The highest BCUT2D eigenvalue weighted by Crippen LogP contribution is 2.29. The van der Waals surface area contributed by atoms with Crippen LogP contribution in [0.15, 0.2) is 18.2 Å². The first-order valence-corrected chi connectivity index (χ1v) is 7.47. The van der Waals surface area contributed by atoms with Crippen LogP contribution in [0.3, 0.4) is 0 Å². The molecule has 0 spiro atoms. The molecule has 2 fully saturated rings. The Morgan fingerprint density at radius 1 is 1.10 bits per heavy atom. The molecule has 114 valence electrons. The molecule has 0 aliphatic carbocycles. The lowest BCUT2D eigenvalue weighted by Gasteiger charge is -2.26. The van der Waals surface area contributed by atoms with E-state index in [1.807, 2.05) is 0 Å². The van der Waals surface area contributed by atoms with Crippen molar-refractivity contribution < 1.29 is 24.3 Å². The van der Waals surface area contributed by atoms with Crippen molar-refractivity contribution in [3.8, 4) is 11.5 Å². The zero-order valence-electron chi connectivity index (χ0n) is 12.5. The van der Waals surface area contributed by atoms with E-state index < -0.39 is 0 Å². The van der Waals surface area contributed by atoms with E-state index in [9.17, 15) is 4.79 Å². The summed E-state index contributed by atoms with van der Waals surface area (Å²) in [7, 11) is 3.13. The molecule has 21 heavy (non-hydrogen) atoms. The van der Waals surface area contributed by atoms with Gasteiger partial charge in [-0.05, 0) is 18.2 Å². The minimum atomic E-state index is -0.276. The topological polar surface area (TPSA) is 61.4 Å². The molecule has 5 heteroatoms. The second-order valence-electron chi connectivity index (χ2n) is 5.86. The maximum atomic E-state index is 12.3. The number of fused-ring (bicyclic) bond motifs is 2. The highest BCUT2D eigenvalue weighted by Gasteiger charge is 2.39. The summed E-state index contributed by atoms with van der Waals surface area (Å²) in [5, 5.41) is 2.43. The smallest absolute Gasteiger partial charge is 0.338 e. The summed E-state index contributed by atoms with van der Waals surface area (Å²) in [6, 6.07) is 6.38. The molecule has 3 rings (SSSR count). The Morgan fingerprint density at radius 3 is 2.38 bits per heavy atom. The van der Waals surface area contributed by atoms with Crippen LogP contribution in [0.25, 0.3) is 0 Å². The Bertz CT molecular complexity index is 519.